The lowest BCUT2D eigenvalue weighted by Gasteiger charge is -2.27. The highest BCUT2D eigenvalue weighted by atomic mass is 15.3. The molecule has 2 rings (SSSR count). The molecule has 0 radical (unpaired) electrons. The maximum Gasteiger partial charge on any atom is 0.225 e. The largest absolute Gasteiger partial charge is 0.338 e. The Morgan fingerprint density at radius 1 is 1.39 bits per heavy atom. The molecule has 1 aliphatic rings. The van der Waals surface area contributed by atoms with Crippen LogP contribution < -0.4 is 10.2 Å². The van der Waals surface area contributed by atoms with Gasteiger partial charge in [0.25, 0.3) is 0 Å². The molecule has 100 valence electrons. The SMILES string of the molecule is CCNCc1cnc(N2CCCC2C(C)C)nc1. The van der Waals surface area contributed by atoms with Crippen LogP contribution in [-0.4, -0.2) is 29.1 Å². The summed E-state index contributed by atoms with van der Waals surface area (Å²) in [5.41, 5.74) is 1.15. The Bertz CT molecular complexity index is 361. The molecule has 1 atom stereocenters. The monoisotopic (exact) mass is 248 g/mol. The van der Waals surface area contributed by atoms with E-state index in [1.807, 2.05) is 12.4 Å². The van der Waals surface area contributed by atoms with Crippen LogP contribution in [0.15, 0.2) is 12.4 Å². The van der Waals surface area contributed by atoms with Gasteiger partial charge in [-0.05, 0) is 25.3 Å². The fourth-order valence-corrected chi connectivity index (χ4v) is 2.59. The van der Waals surface area contributed by atoms with Gasteiger partial charge in [-0.25, -0.2) is 9.97 Å². The van der Waals surface area contributed by atoms with Crippen molar-refractivity contribution in [3.63, 3.8) is 0 Å². The predicted molar refractivity (Wildman–Crippen MR) is 74.6 cm³/mol. The average Bonchev–Trinajstić information content (AvgIpc) is 2.86. The molecule has 0 spiro atoms. The second-order valence-corrected chi connectivity index (χ2v) is 5.32. The van der Waals surface area contributed by atoms with E-state index >= 15 is 0 Å². The topological polar surface area (TPSA) is 41.1 Å². The van der Waals surface area contributed by atoms with Crippen LogP contribution in [0.1, 0.15) is 39.2 Å². The van der Waals surface area contributed by atoms with E-state index in [2.05, 4.69) is 41.0 Å². The smallest absolute Gasteiger partial charge is 0.225 e. The Balaban J connectivity index is 2.04. The lowest BCUT2D eigenvalue weighted by molar-refractivity contribution is 0.487. The van der Waals surface area contributed by atoms with Crippen LogP contribution in [0, 0.1) is 5.92 Å². The predicted octanol–water partition coefficient (Wildman–Crippen LogP) is 2.21. The fourth-order valence-electron chi connectivity index (χ4n) is 2.59. The van der Waals surface area contributed by atoms with Crippen LogP contribution in [-0.2, 0) is 6.54 Å². The van der Waals surface area contributed by atoms with Crippen LogP contribution in [0.25, 0.3) is 0 Å². The van der Waals surface area contributed by atoms with Gasteiger partial charge in [-0.2, -0.15) is 0 Å². The third-order valence-corrected chi connectivity index (χ3v) is 3.60. The summed E-state index contributed by atoms with van der Waals surface area (Å²) >= 11 is 0. The Morgan fingerprint density at radius 2 is 2.11 bits per heavy atom. The number of nitrogens with one attached hydrogen (secondary N) is 1. The van der Waals surface area contributed by atoms with Crippen LogP contribution in [0.3, 0.4) is 0 Å². The second-order valence-electron chi connectivity index (χ2n) is 5.32. The zero-order valence-electron chi connectivity index (χ0n) is 11.7. The molecule has 18 heavy (non-hydrogen) atoms. The van der Waals surface area contributed by atoms with Gasteiger partial charge in [0, 0.05) is 37.1 Å². The first kappa shape index (κ1) is 13.3. The van der Waals surface area contributed by atoms with E-state index in [-0.39, 0.29) is 0 Å². The summed E-state index contributed by atoms with van der Waals surface area (Å²) in [5.74, 6) is 1.56. The highest BCUT2D eigenvalue weighted by Gasteiger charge is 2.28. The second kappa shape index (κ2) is 6.14. The summed E-state index contributed by atoms with van der Waals surface area (Å²) in [6.45, 7) is 9.58. The van der Waals surface area contributed by atoms with Gasteiger partial charge >= 0.3 is 0 Å². The van der Waals surface area contributed by atoms with Crippen molar-refractivity contribution in [1.29, 1.82) is 0 Å². The summed E-state index contributed by atoms with van der Waals surface area (Å²) in [6.07, 6.45) is 6.41. The van der Waals surface area contributed by atoms with Crippen molar-refractivity contribution < 1.29 is 0 Å². The van der Waals surface area contributed by atoms with Gasteiger partial charge in [0.2, 0.25) is 5.95 Å². The van der Waals surface area contributed by atoms with Crippen molar-refractivity contribution in [2.75, 3.05) is 18.0 Å². The molecule has 0 aliphatic carbocycles. The first-order valence-electron chi connectivity index (χ1n) is 7.00. The maximum absolute atomic E-state index is 4.52. The summed E-state index contributed by atoms with van der Waals surface area (Å²) in [4.78, 5) is 11.4. The van der Waals surface area contributed by atoms with E-state index in [1.54, 1.807) is 0 Å². The molecule has 1 N–H and O–H groups in total. The molecule has 4 nitrogen and oxygen atoms in total. The zero-order chi connectivity index (χ0) is 13.0. The summed E-state index contributed by atoms with van der Waals surface area (Å²) < 4.78 is 0. The minimum Gasteiger partial charge on any atom is -0.338 e. The Labute approximate surface area is 110 Å². The van der Waals surface area contributed by atoms with Gasteiger partial charge in [0.05, 0.1) is 0 Å². The molecule has 1 aromatic heterocycles. The molecule has 1 aromatic rings. The van der Waals surface area contributed by atoms with E-state index in [1.165, 1.54) is 12.8 Å². The highest BCUT2D eigenvalue weighted by molar-refractivity contribution is 5.33. The molecule has 0 bridgehead atoms. The molecule has 1 unspecified atom stereocenters. The molecule has 2 heterocycles. The first-order valence-corrected chi connectivity index (χ1v) is 7.00. The van der Waals surface area contributed by atoms with Crippen molar-refractivity contribution in [3.05, 3.63) is 18.0 Å². The molecular weight excluding hydrogens is 224 g/mol. The summed E-state index contributed by atoms with van der Waals surface area (Å²) in [5, 5.41) is 3.29. The average molecular weight is 248 g/mol. The summed E-state index contributed by atoms with van der Waals surface area (Å²) in [6, 6.07) is 0.601. The molecule has 0 saturated carbocycles. The van der Waals surface area contributed by atoms with E-state index in [4.69, 9.17) is 0 Å². The van der Waals surface area contributed by atoms with Gasteiger partial charge in [0.15, 0.2) is 0 Å². The molecule has 1 aliphatic heterocycles. The third-order valence-electron chi connectivity index (χ3n) is 3.60. The standard InChI is InChI=1S/C14H24N4/c1-4-15-8-12-9-16-14(17-10-12)18-7-5-6-13(18)11(2)3/h9-11,13,15H,4-8H2,1-3H3. The number of rotatable bonds is 5. The van der Waals surface area contributed by atoms with E-state index < -0.39 is 0 Å². The highest BCUT2D eigenvalue weighted by Crippen LogP contribution is 2.26. The minimum absolute atomic E-state index is 0.601. The minimum atomic E-state index is 0.601. The van der Waals surface area contributed by atoms with Gasteiger partial charge in [-0.3, -0.25) is 0 Å². The third kappa shape index (κ3) is 2.99. The lowest BCUT2D eigenvalue weighted by atomic mass is 10.0. The molecule has 4 heteroatoms. The van der Waals surface area contributed by atoms with Crippen LogP contribution in [0.2, 0.25) is 0 Å². The Kier molecular flexibility index (Phi) is 4.53. The van der Waals surface area contributed by atoms with Crippen molar-refractivity contribution in [2.45, 2.75) is 46.2 Å². The van der Waals surface area contributed by atoms with E-state index in [0.29, 0.717) is 12.0 Å². The van der Waals surface area contributed by atoms with Gasteiger partial charge in [0.1, 0.15) is 0 Å². The van der Waals surface area contributed by atoms with Crippen molar-refractivity contribution in [3.8, 4) is 0 Å². The van der Waals surface area contributed by atoms with E-state index in [0.717, 1.165) is 31.1 Å². The zero-order valence-corrected chi connectivity index (χ0v) is 11.7. The fraction of sp³-hybridized carbons (Fsp3) is 0.714. The van der Waals surface area contributed by atoms with Crippen molar-refractivity contribution in [2.24, 2.45) is 5.92 Å². The Hall–Kier alpha value is -1.16. The van der Waals surface area contributed by atoms with Crippen LogP contribution >= 0.6 is 0 Å². The van der Waals surface area contributed by atoms with Gasteiger partial charge < -0.3 is 10.2 Å². The number of hydrogen-bond donors (Lipinski definition) is 1. The van der Waals surface area contributed by atoms with Gasteiger partial charge in [-0.1, -0.05) is 20.8 Å². The quantitative estimate of drug-likeness (QED) is 0.867. The van der Waals surface area contributed by atoms with Gasteiger partial charge in [-0.15, -0.1) is 0 Å². The van der Waals surface area contributed by atoms with Crippen molar-refractivity contribution >= 4 is 5.95 Å². The number of anilines is 1. The molecule has 0 amide bonds. The molecule has 1 saturated heterocycles. The van der Waals surface area contributed by atoms with E-state index in [9.17, 15) is 0 Å². The first-order chi connectivity index (χ1) is 8.72. The number of nitrogens with zero attached hydrogens (tertiary/aromatic N) is 3. The molecule has 1 fully saturated rings. The van der Waals surface area contributed by atoms with Crippen LogP contribution in [0.5, 0.6) is 0 Å². The van der Waals surface area contributed by atoms with Crippen LogP contribution in [0.4, 0.5) is 5.95 Å². The normalized spacial score (nSPS) is 19.8. The van der Waals surface area contributed by atoms with Crippen molar-refractivity contribution in [1.82, 2.24) is 15.3 Å². The molecular formula is C14H24N4. The number of hydrogen-bond acceptors (Lipinski definition) is 4. The number of aromatic nitrogens is 2. The summed E-state index contributed by atoms with van der Waals surface area (Å²) in [7, 11) is 0. The lowest BCUT2D eigenvalue weighted by Crippen LogP contribution is -2.34. The molecule has 0 aromatic carbocycles. The maximum atomic E-state index is 4.52. The Morgan fingerprint density at radius 3 is 2.72 bits per heavy atom.